The molecule has 160 valence electrons. The lowest BCUT2D eigenvalue weighted by Gasteiger charge is -2.14. The number of cyclic esters (lactones) is 1. The molecule has 31 heavy (non-hydrogen) atoms. The van der Waals surface area contributed by atoms with Crippen molar-refractivity contribution in [2.75, 3.05) is 18.1 Å². The number of rotatable bonds is 7. The van der Waals surface area contributed by atoms with Crippen molar-refractivity contribution in [2.24, 2.45) is 0 Å². The topological polar surface area (TPSA) is 80.8 Å². The number of benzene rings is 2. The SMILES string of the molecule is CC(C)Oc1ccc(-c2nc(C(=O)NCc3cccc(N4CCOC4=O)c3)cs2)cc1. The van der Waals surface area contributed by atoms with E-state index in [4.69, 9.17) is 9.47 Å². The van der Waals surface area contributed by atoms with Gasteiger partial charge >= 0.3 is 6.09 Å². The number of thiazole rings is 1. The summed E-state index contributed by atoms with van der Waals surface area (Å²) in [5.74, 6) is 0.561. The van der Waals surface area contributed by atoms with E-state index in [0.717, 1.165) is 27.6 Å². The van der Waals surface area contributed by atoms with Crippen LogP contribution in [0.15, 0.2) is 53.9 Å². The molecule has 2 amide bonds. The third-order valence-corrected chi connectivity index (χ3v) is 5.54. The molecular weight excluding hydrogens is 414 g/mol. The summed E-state index contributed by atoms with van der Waals surface area (Å²) in [7, 11) is 0. The number of carbonyl (C=O) groups excluding carboxylic acids is 2. The normalized spacial score (nSPS) is 13.4. The Morgan fingerprint density at radius 2 is 2.06 bits per heavy atom. The molecule has 7 nitrogen and oxygen atoms in total. The minimum atomic E-state index is -0.347. The standard InChI is InChI=1S/C23H23N3O4S/c1-15(2)30-19-8-6-17(7-9-19)22-25-20(14-31-22)21(27)24-13-16-4-3-5-18(12-16)26-10-11-29-23(26)28/h3-9,12,14-15H,10-11,13H2,1-2H3,(H,24,27). The van der Waals surface area contributed by atoms with Gasteiger partial charge in [-0.15, -0.1) is 11.3 Å². The van der Waals surface area contributed by atoms with Crippen molar-refractivity contribution in [3.05, 3.63) is 65.2 Å². The van der Waals surface area contributed by atoms with E-state index >= 15 is 0 Å². The Morgan fingerprint density at radius 3 is 2.77 bits per heavy atom. The second kappa shape index (κ2) is 9.18. The molecule has 1 aliphatic rings. The fourth-order valence-electron chi connectivity index (χ4n) is 3.19. The van der Waals surface area contributed by atoms with Gasteiger partial charge in [-0.2, -0.15) is 0 Å². The summed E-state index contributed by atoms with van der Waals surface area (Å²) in [6.07, 6.45) is -0.231. The van der Waals surface area contributed by atoms with Crippen molar-refractivity contribution in [2.45, 2.75) is 26.5 Å². The van der Waals surface area contributed by atoms with E-state index in [2.05, 4.69) is 10.3 Å². The number of nitrogens with one attached hydrogen (secondary N) is 1. The van der Waals surface area contributed by atoms with Crippen molar-refractivity contribution in [3.63, 3.8) is 0 Å². The van der Waals surface area contributed by atoms with E-state index in [9.17, 15) is 9.59 Å². The molecule has 1 saturated heterocycles. The van der Waals surface area contributed by atoms with Gasteiger partial charge in [0.25, 0.3) is 5.91 Å². The van der Waals surface area contributed by atoms with Crippen molar-refractivity contribution in [1.29, 1.82) is 0 Å². The highest BCUT2D eigenvalue weighted by Crippen LogP contribution is 2.26. The molecule has 0 aliphatic carbocycles. The summed E-state index contributed by atoms with van der Waals surface area (Å²) >= 11 is 1.42. The van der Waals surface area contributed by atoms with Gasteiger partial charge in [-0.1, -0.05) is 12.1 Å². The highest BCUT2D eigenvalue weighted by Gasteiger charge is 2.23. The van der Waals surface area contributed by atoms with Crippen LogP contribution in [0, 0.1) is 0 Å². The van der Waals surface area contributed by atoms with E-state index < -0.39 is 0 Å². The fraction of sp³-hybridized carbons (Fsp3) is 0.261. The summed E-state index contributed by atoms with van der Waals surface area (Å²) in [6, 6.07) is 15.2. The van der Waals surface area contributed by atoms with Crippen molar-refractivity contribution in [3.8, 4) is 16.3 Å². The average Bonchev–Trinajstić information content (AvgIpc) is 3.42. The number of nitrogens with zero attached hydrogens (tertiary/aromatic N) is 2. The summed E-state index contributed by atoms with van der Waals surface area (Å²) in [5.41, 5.74) is 2.96. The lowest BCUT2D eigenvalue weighted by molar-refractivity contribution is 0.0946. The summed E-state index contributed by atoms with van der Waals surface area (Å²) < 4.78 is 10.6. The van der Waals surface area contributed by atoms with Crippen molar-refractivity contribution < 1.29 is 19.1 Å². The van der Waals surface area contributed by atoms with E-state index in [1.54, 1.807) is 10.3 Å². The molecule has 1 aliphatic heterocycles. The number of ether oxygens (including phenoxy) is 2. The van der Waals surface area contributed by atoms with Gasteiger partial charge < -0.3 is 14.8 Å². The molecule has 0 spiro atoms. The highest BCUT2D eigenvalue weighted by molar-refractivity contribution is 7.13. The molecule has 0 saturated carbocycles. The predicted octanol–water partition coefficient (Wildman–Crippen LogP) is 4.48. The zero-order valence-corrected chi connectivity index (χ0v) is 18.1. The van der Waals surface area contributed by atoms with Gasteiger partial charge in [-0.3, -0.25) is 9.69 Å². The number of hydrogen-bond donors (Lipinski definition) is 1. The maximum Gasteiger partial charge on any atom is 0.414 e. The third-order valence-electron chi connectivity index (χ3n) is 4.65. The number of hydrogen-bond acceptors (Lipinski definition) is 6. The zero-order chi connectivity index (χ0) is 21.8. The minimum Gasteiger partial charge on any atom is -0.491 e. The monoisotopic (exact) mass is 437 g/mol. The molecule has 8 heteroatoms. The molecule has 1 aromatic heterocycles. The molecule has 2 aromatic carbocycles. The number of carbonyl (C=O) groups is 2. The second-order valence-corrected chi connectivity index (χ2v) is 8.21. The molecule has 0 unspecified atom stereocenters. The van der Waals surface area contributed by atoms with Gasteiger partial charge in [0.2, 0.25) is 0 Å². The van der Waals surface area contributed by atoms with E-state index in [-0.39, 0.29) is 18.1 Å². The molecule has 1 fully saturated rings. The summed E-state index contributed by atoms with van der Waals surface area (Å²) in [4.78, 5) is 30.4. The second-order valence-electron chi connectivity index (χ2n) is 7.35. The van der Waals surface area contributed by atoms with Crippen LogP contribution in [0.3, 0.4) is 0 Å². The predicted molar refractivity (Wildman–Crippen MR) is 120 cm³/mol. The van der Waals surface area contributed by atoms with Crippen LogP contribution in [-0.4, -0.2) is 36.2 Å². The zero-order valence-electron chi connectivity index (χ0n) is 17.3. The Bertz CT molecular complexity index is 1080. The first-order valence-electron chi connectivity index (χ1n) is 10.0. The number of aromatic nitrogens is 1. The van der Waals surface area contributed by atoms with Gasteiger partial charge in [0.1, 0.15) is 23.1 Å². The number of amides is 2. The van der Waals surface area contributed by atoms with Gasteiger partial charge in [0.05, 0.1) is 12.6 Å². The van der Waals surface area contributed by atoms with Crippen molar-refractivity contribution in [1.82, 2.24) is 10.3 Å². The fourth-order valence-corrected chi connectivity index (χ4v) is 4.00. The molecule has 1 N–H and O–H groups in total. The van der Waals surface area contributed by atoms with E-state index in [1.807, 2.05) is 62.4 Å². The lowest BCUT2D eigenvalue weighted by Crippen LogP contribution is -2.25. The van der Waals surface area contributed by atoms with Crippen LogP contribution in [0.25, 0.3) is 10.6 Å². The first-order chi connectivity index (χ1) is 15.0. The molecule has 0 radical (unpaired) electrons. The Kier molecular flexibility index (Phi) is 6.18. The summed E-state index contributed by atoms with van der Waals surface area (Å²) in [6.45, 7) is 5.22. The smallest absolute Gasteiger partial charge is 0.414 e. The van der Waals surface area contributed by atoms with Gasteiger partial charge in [-0.25, -0.2) is 9.78 Å². The average molecular weight is 438 g/mol. The maximum atomic E-state index is 12.6. The number of anilines is 1. The minimum absolute atomic E-state index is 0.117. The molecule has 0 atom stereocenters. The summed E-state index contributed by atoms with van der Waals surface area (Å²) in [5, 5.41) is 5.41. The van der Waals surface area contributed by atoms with Crippen LogP contribution in [0.5, 0.6) is 5.75 Å². The van der Waals surface area contributed by atoms with Crippen LogP contribution in [0.4, 0.5) is 10.5 Å². The molecular formula is C23H23N3O4S. The van der Waals surface area contributed by atoms with Crippen LogP contribution >= 0.6 is 11.3 Å². The van der Waals surface area contributed by atoms with Gasteiger partial charge in [0.15, 0.2) is 0 Å². The van der Waals surface area contributed by atoms with Crippen LogP contribution < -0.4 is 15.0 Å². The molecule has 0 bridgehead atoms. The first kappa shape index (κ1) is 20.9. The first-order valence-corrected chi connectivity index (χ1v) is 10.9. The molecule has 2 heterocycles. The molecule has 4 rings (SSSR count). The quantitative estimate of drug-likeness (QED) is 0.589. The largest absolute Gasteiger partial charge is 0.491 e. The lowest BCUT2D eigenvalue weighted by atomic mass is 10.2. The van der Waals surface area contributed by atoms with Crippen LogP contribution in [0.1, 0.15) is 29.9 Å². The Balaban J connectivity index is 1.38. The molecule has 3 aromatic rings. The Hall–Kier alpha value is -3.39. The van der Waals surface area contributed by atoms with E-state index in [0.29, 0.717) is 25.4 Å². The van der Waals surface area contributed by atoms with Crippen molar-refractivity contribution >= 4 is 29.0 Å². The Morgan fingerprint density at radius 1 is 1.26 bits per heavy atom. The van der Waals surface area contributed by atoms with E-state index in [1.165, 1.54) is 11.3 Å². The highest BCUT2D eigenvalue weighted by atomic mass is 32.1. The maximum absolute atomic E-state index is 12.6. The van der Waals surface area contributed by atoms with Crippen LogP contribution in [-0.2, 0) is 11.3 Å². The van der Waals surface area contributed by atoms with Gasteiger partial charge in [0, 0.05) is 23.2 Å². The van der Waals surface area contributed by atoms with Gasteiger partial charge in [-0.05, 0) is 55.8 Å². The Labute approximate surface area is 184 Å². The van der Waals surface area contributed by atoms with Crippen LogP contribution in [0.2, 0.25) is 0 Å². The third kappa shape index (κ3) is 5.03.